The highest BCUT2D eigenvalue weighted by atomic mass is 16.5. The molecule has 0 rings (SSSR count). The Morgan fingerprint density at radius 3 is 2.12 bits per heavy atom. The second kappa shape index (κ2) is 8.04. The fourth-order valence-corrected chi connectivity index (χ4v) is 2.25. The SMILES string of the molecule is CCCOCC(NC)C(C)(C)N(CC)CC. The van der Waals surface area contributed by atoms with Crippen molar-refractivity contribution in [1.82, 2.24) is 10.2 Å². The molecule has 98 valence electrons. The zero-order chi connectivity index (χ0) is 12.6. The summed E-state index contributed by atoms with van der Waals surface area (Å²) < 4.78 is 5.67. The second-order valence-electron chi connectivity index (χ2n) is 4.74. The number of nitrogens with one attached hydrogen (secondary N) is 1. The highest BCUT2D eigenvalue weighted by Crippen LogP contribution is 2.19. The van der Waals surface area contributed by atoms with Crippen LogP contribution in [0.15, 0.2) is 0 Å². The molecule has 1 unspecified atom stereocenters. The van der Waals surface area contributed by atoms with Gasteiger partial charge in [0, 0.05) is 18.2 Å². The van der Waals surface area contributed by atoms with Crippen LogP contribution >= 0.6 is 0 Å². The van der Waals surface area contributed by atoms with Gasteiger partial charge < -0.3 is 10.1 Å². The molecule has 0 radical (unpaired) electrons. The number of nitrogens with zero attached hydrogens (tertiary/aromatic N) is 1. The third-order valence-corrected chi connectivity index (χ3v) is 3.41. The van der Waals surface area contributed by atoms with E-state index in [0.717, 1.165) is 32.7 Å². The molecule has 0 spiro atoms. The fraction of sp³-hybridized carbons (Fsp3) is 1.00. The molecule has 1 atom stereocenters. The van der Waals surface area contributed by atoms with Crippen molar-refractivity contribution in [3.8, 4) is 0 Å². The number of likely N-dealkylation sites (N-methyl/N-ethyl adjacent to an activating group) is 2. The monoisotopic (exact) mass is 230 g/mol. The average molecular weight is 230 g/mol. The Morgan fingerprint density at radius 2 is 1.75 bits per heavy atom. The Kier molecular flexibility index (Phi) is 7.98. The van der Waals surface area contributed by atoms with E-state index in [1.54, 1.807) is 0 Å². The Balaban J connectivity index is 4.39. The molecule has 0 saturated heterocycles. The van der Waals surface area contributed by atoms with Crippen molar-refractivity contribution < 1.29 is 4.74 Å². The summed E-state index contributed by atoms with van der Waals surface area (Å²) in [5.74, 6) is 0. The molecule has 3 heteroatoms. The second-order valence-corrected chi connectivity index (χ2v) is 4.74. The molecule has 0 aromatic rings. The zero-order valence-corrected chi connectivity index (χ0v) is 12.0. The Bertz CT molecular complexity index is 167. The summed E-state index contributed by atoms with van der Waals surface area (Å²) in [7, 11) is 2.02. The van der Waals surface area contributed by atoms with Crippen molar-refractivity contribution in [3.05, 3.63) is 0 Å². The molecular weight excluding hydrogens is 200 g/mol. The average Bonchev–Trinajstić information content (AvgIpc) is 2.25. The van der Waals surface area contributed by atoms with Crippen LogP contribution in [0.2, 0.25) is 0 Å². The van der Waals surface area contributed by atoms with Crippen molar-refractivity contribution in [1.29, 1.82) is 0 Å². The van der Waals surface area contributed by atoms with E-state index in [4.69, 9.17) is 4.74 Å². The topological polar surface area (TPSA) is 24.5 Å². The highest BCUT2D eigenvalue weighted by molar-refractivity contribution is 4.92. The van der Waals surface area contributed by atoms with Gasteiger partial charge in [-0.1, -0.05) is 20.8 Å². The minimum Gasteiger partial charge on any atom is -0.380 e. The van der Waals surface area contributed by atoms with E-state index in [9.17, 15) is 0 Å². The molecule has 0 aromatic heterocycles. The molecule has 3 nitrogen and oxygen atoms in total. The predicted molar refractivity (Wildman–Crippen MR) is 71.0 cm³/mol. The van der Waals surface area contributed by atoms with Gasteiger partial charge in [0.25, 0.3) is 0 Å². The van der Waals surface area contributed by atoms with Gasteiger partial charge in [0.2, 0.25) is 0 Å². The summed E-state index contributed by atoms with van der Waals surface area (Å²) in [6.07, 6.45) is 1.09. The number of hydrogen-bond donors (Lipinski definition) is 1. The molecule has 1 N–H and O–H groups in total. The molecular formula is C13H30N2O. The van der Waals surface area contributed by atoms with Gasteiger partial charge in [-0.3, -0.25) is 4.90 Å². The number of rotatable bonds is 9. The van der Waals surface area contributed by atoms with Crippen LogP contribution < -0.4 is 5.32 Å². The van der Waals surface area contributed by atoms with Crippen LogP contribution in [0.3, 0.4) is 0 Å². The van der Waals surface area contributed by atoms with Crippen molar-refractivity contribution in [2.75, 3.05) is 33.4 Å². The van der Waals surface area contributed by atoms with Crippen molar-refractivity contribution in [2.45, 2.75) is 52.6 Å². The van der Waals surface area contributed by atoms with E-state index in [0.29, 0.717) is 6.04 Å². The Hall–Kier alpha value is -0.120. The first-order valence-electron chi connectivity index (χ1n) is 6.54. The van der Waals surface area contributed by atoms with Crippen LogP contribution in [0, 0.1) is 0 Å². The van der Waals surface area contributed by atoms with Gasteiger partial charge in [-0.25, -0.2) is 0 Å². The summed E-state index contributed by atoms with van der Waals surface area (Å²) in [5.41, 5.74) is 0.131. The van der Waals surface area contributed by atoms with Crippen molar-refractivity contribution in [2.24, 2.45) is 0 Å². The molecule has 0 aromatic carbocycles. The van der Waals surface area contributed by atoms with Crippen LogP contribution in [0.5, 0.6) is 0 Å². The largest absolute Gasteiger partial charge is 0.380 e. The minimum absolute atomic E-state index is 0.131. The summed E-state index contributed by atoms with van der Waals surface area (Å²) in [5, 5.41) is 3.38. The molecule has 0 heterocycles. The minimum atomic E-state index is 0.131. The smallest absolute Gasteiger partial charge is 0.0637 e. The standard InChI is InChI=1S/C13H30N2O/c1-7-10-16-11-12(14-6)13(4,5)15(8-2)9-3/h12,14H,7-11H2,1-6H3. The van der Waals surface area contributed by atoms with Crippen LogP contribution in [0.4, 0.5) is 0 Å². The molecule has 0 fully saturated rings. The van der Waals surface area contributed by atoms with Gasteiger partial charge >= 0.3 is 0 Å². The van der Waals surface area contributed by atoms with Gasteiger partial charge in [0.05, 0.1) is 6.61 Å². The van der Waals surface area contributed by atoms with Gasteiger partial charge in [-0.15, -0.1) is 0 Å². The molecule has 0 saturated carbocycles. The molecule has 0 aliphatic heterocycles. The molecule has 16 heavy (non-hydrogen) atoms. The van der Waals surface area contributed by atoms with Gasteiger partial charge in [0.15, 0.2) is 0 Å². The van der Waals surface area contributed by atoms with Crippen molar-refractivity contribution >= 4 is 0 Å². The van der Waals surface area contributed by atoms with Crippen molar-refractivity contribution in [3.63, 3.8) is 0 Å². The first-order valence-corrected chi connectivity index (χ1v) is 6.54. The molecule has 0 aliphatic carbocycles. The normalized spacial score (nSPS) is 14.4. The van der Waals surface area contributed by atoms with Gasteiger partial charge in [-0.05, 0) is 40.4 Å². The Morgan fingerprint density at radius 1 is 1.19 bits per heavy atom. The predicted octanol–water partition coefficient (Wildman–Crippen LogP) is 2.12. The zero-order valence-electron chi connectivity index (χ0n) is 12.0. The number of hydrogen-bond acceptors (Lipinski definition) is 3. The van der Waals surface area contributed by atoms with Crippen LogP contribution in [0.25, 0.3) is 0 Å². The highest BCUT2D eigenvalue weighted by Gasteiger charge is 2.32. The molecule has 0 aliphatic rings. The van der Waals surface area contributed by atoms with E-state index in [-0.39, 0.29) is 5.54 Å². The maximum absolute atomic E-state index is 5.67. The Labute approximate surface area is 102 Å². The lowest BCUT2D eigenvalue weighted by atomic mass is 9.92. The number of ether oxygens (including phenoxy) is 1. The molecule has 0 bridgehead atoms. The lowest BCUT2D eigenvalue weighted by Gasteiger charge is -2.43. The summed E-state index contributed by atoms with van der Waals surface area (Å²) in [6.45, 7) is 14.9. The maximum Gasteiger partial charge on any atom is 0.0637 e. The van der Waals surface area contributed by atoms with E-state index in [1.165, 1.54) is 0 Å². The molecule has 0 amide bonds. The van der Waals surface area contributed by atoms with Crippen LogP contribution in [0.1, 0.15) is 41.0 Å². The van der Waals surface area contributed by atoms with E-state index < -0.39 is 0 Å². The van der Waals surface area contributed by atoms with Gasteiger partial charge in [0.1, 0.15) is 0 Å². The fourth-order valence-electron chi connectivity index (χ4n) is 2.25. The van der Waals surface area contributed by atoms with E-state index in [2.05, 4.69) is 44.8 Å². The van der Waals surface area contributed by atoms with E-state index in [1.807, 2.05) is 7.05 Å². The third kappa shape index (κ3) is 4.40. The summed E-state index contributed by atoms with van der Waals surface area (Å²) >= 11 is 0. The first-order chi connectivity index (χ1) is 7.54. The van der Waals surface area contributed by atoms with Gasteiger partial charge in [-0.2, -0.15) is 0 Å². The summed E-state index contributed by atoms with van der Waals surface area (Å²) in [6, 6.07) is 0.374. The van der Waals surface area contributed by atoms with Crippen LogP contribution in [-0.2, 0) is 4.74 Å². The first kappa shape index (κ1) is 15.9. The maximum atomic E-state index is 5.67. The van der Waals surface area contributed by atoms with Crippen LogP contribution in [-0.4, -0.2) is 49.8 Å². The van der Waals surface area contributed by atoms with E-state index >= 15 is 0 Å². The summed E-state index contributed by atoms with van der Waals surface area (Å²) in [4.78, 5) is 2.48. The quantitative estimate of drug-likeness (QED) is 0.614. The lowest BCUT2D eigenvalue weighted by Crippen LogP contribution is -2.58. The third-order valence-electron chi connectivity index (χ3n) is 3.41. The lowest BCUT2D eigenvalue weighted by molar-refractivity contribution is 0.0328.